The van der Waals surface area contributed by atoms with Gasteiger partial charge in [-0.3, -0.25) is 4.79 Å². The number of Topliss-reactive ketones (excluding diaryl/α,β-unsaturated/α-hetero) is 1. The van der Waals surface area contributed by atoms with E-state index in [1.165, 1.54) is 0 Å². The Labute approximate surface area is 181 Å². The van der Waals surface area contributed by atoms with Crippen molar-refractivity contribution >= 4 is 11.9 Å². The van der Waals surface area contributed by atoms with Crippen LogP contribution in [0.1, 0.15) is 15.9 Å². The van der Waals surface area contributed by atoms with Crippen molar-refractivity contribution in [2.24, 2.45) is 0 Å². The van der Waals surface area contributed by atoms with E-state index in [0.717, 1.165) is 5.56 Å². The molecule has 1 heterocycles. The van der Waals surface area contributed by atoms with Gasteiger partial charge in [-0.2, -0.15) is 0 Å². The molecular weight excluding hydrogens is 404 g/mol. The molecule has 0 bridgehead atoms. The fourth-order valence-electron chi connectivity index (χ4n) is 2.77. The lowest BCUT2D eigenvalue weighted by atomic mass is 10.1. The summed E-state index contributed by atoms with van der Waals surface area (Å²) in [5, 5.41) is 0. The van der Waals surface area contributed by atoms with Gasteiger partial charge in [-0.05, 0) is 11.6 Å². The van der Waals surface area contributed by atoms with Crippen LogP contribution in [0.4, 0.5) is 0 Å². The van der Waals surface area contributed by atoms with Gasteiger partial charge in [0.15, 0.2) is 19.3 Å². The van der Waals surface area contributed by atoms with E-state index in [9.17, 15) is 4.79 Å². The predicted molar refractivity (Wildman–Crippen MR) is 112 cm³/mol. The van der Waals surface area contributed by atoms with E-state index < -0.39 is 0 Å². The Morgan fingerprint density at radius 3 is 2.23 bits per heavy atom. The first-order valence-corrected chi connectivity index (χ1v) is 9.79. The van der Waals surface area contributed by atoms with E-state index in [4.69, 9.17) is 33.2 Å². The number of methoxy groups -OCH3 is 2. The Kier molecular flexibility index (Phi) is 8.86. The molecule has 0 aromatic heterocycles. The summed E-state index contributed by atoms with van der Waals surface area (Å²) < 4.78 is 37.7. The van der Waals surface area contributed by atoms with Gasteiger partial charge in [-0.25, -0.2) is 0 Å². The number of carbonyl (C=O) groups excluding carboxylic acids is 1. The molecule has 8 heteroatoms. The summed E-state index contributed by atoms with van der Waals surface area (Å²) in [5.41, 5.74) is 1.18. The SMILES string of the molecule is COCCOCOc1cc(OCOCCOC)c2c(c1)O/C(=C\c1ccccc1)C2=O. The lowest BCUT2D eigenvalue weighted by Crippen LogP contribution is -2.10. The molecule has 0 amide bonds. The van der Waals surface area contributed by atoms with Crippen molar-refractivity contribution in [3.63, 3.8) is 0 Å². The summed E-state index contributed by atoms with van der Waals surface area (Å²) in [6.07, 6.45) is 1.69. The van der Waals surface area contributed by atoms with E-state index in [1.807, 2.05) is 30.3 Å². The summed E-state index contributed by atoms with van der Waals surface area (Å²) in [7, 11) is 3.18. The van der Waals surface area contributed by atoms with Crippen LogP contribution < -0.4 is 14.2 Å². The van der Waals surface area contributed by atoms with Gasteiger partial charge in [-0.15, -0.1) is 0 Å². The standard InChI is InChI=1S/C23H26O8/c1-25-8-10-27-15-29-18-13-19(30-16-28-11-9-26-2)22-20(14-18)31-21(23(22)24)12-17-6-4-3-5-7-17/h3-7,12-14H,8-11,15-16H2,1-2H3/b21-12-. The van der Waals surface area contributed by atoms with Crippen molar-refractivity contribution in [2.75, 3.05) is 54.2 Å². The molecule has 0 fully saturated rings. The molecule has 0 unspecified atom stereocenters. The molecule has 166 valence electrons. The van der Waals surface area contributed by atoms with Gasteiger partial charge in [0.25, 0.3) is 0 Å². The summed E-state index contributed by atoms with van der Waals surface area (Å²) in [5.74, 6) is 1.04. The van der Waals surface area contributed by atoms with Crippen LogP contribution in [-0.2, 0) is 18.9 Å². The van der Waals surface area contributed by atoms with Gasteiger partial charge in [0.1, 0.15) is 22.8 Å². The van der Waals surface area contributed by atoms with Crippen molar-refractivity contribution in [1.82, 2.24) is 0 Å². The first kappa shape index (κ1) is 22.8. The molecule has 2 aromatic rings. The van der Waals surface area contributed by atoms with Crippen molar-refractivity contribution in [1.29, 1.82) is 0 Å². The molecule has 31 heavy (non-hydrogen) atoms. The Bertz CT molecular complexity index is 879. The largest absolute Gasteiger partial charge is 0.467 e. The van der Waals surface area contributed by atoms with Gasteiger partial charge < -0.3 is 33.2 Å². The summed E-state index contributed by atoms with van der Waals surface area (Å²) in [6.45, 7) is 1.64. The predicted octanol–water partition coefficient (Wildman–Crippen LogP) is 3.30. The lowest BCUT2D eigenvalue weighted by molar-refractivity contribution is -0.0118. The first-order valence-electron chi connectivity index (χ1n) is 9.79. The molecule has 0 saturated carbocycles. The zero-order chi connectivity index (χ0) is 21.9. The summed E-state index contributed by atoms with van der Waals surface area (Å²) in [4.78, 5) is 13.0. The smallest absolute Gasteiger partial charge is 0.235 e. The van der Waals surface area contributed by atoms with Gasteiger partial charge >= 0.3 is 0 Å². The molecule has 0 N–H and O–H groups in total. The maximum atomic E-state index is 13.0. The fourth-order valence-corrected chi connectivity index (χ4v) is 2.77. The topological polar surface area (TPSA) is 81.7 Å². The van der Waals surface area contributed by atoms with E-state index in [0.29, 0.717) is 49.2 Å². The van der Waals surface area contributed by atoms with Gasteiger partial charge in [0, 0.05) is 26.4 Å². The second-order valence-corrected chi connectivity index (χ2v) is 6.47. The van der Waals surface area contributed by atoms with Crippen molar-refractivity contribution in [3.05, 3.63) is 59.4 Å². The number of hydrogen-bond donors (Lipinski definition) is 0. The summed E-state index contributed by atoms with van der Waals surface area (Å²) in [6, 6.07) is 12.7. The normalized spacial score (nSPS) is 13.9. The highest BCUT2D eigenvalue weighted by Crippen LogP contribution is 2.41. The highest BCUT2D eigenvalue weighted by molar-refractivity contribution is 6.16. The van der Waals surface area contributed by atoms with E-state index in [-0.39, 0.29) is 25.1 Å². The van der Waals surface area contributed by atoms with Crippen LogP contribution in [-0.4, -0.2) is 60.0 Å². The quantitative estimate of drug-likeness (QED) is 0.272. The van der Waals surface area contributed by atoms with Crippen molar-refractivity contribution < 1.29 is 38.0 Å². The first-order chi connectivity index (χ1) is 15.2. The lowest BCUT2D eigenvalue weighted by Gasteiger charge is -2.12. The highest BCUT2D eigenvalue weighted by Gasteiger charge is 2.32. The zero-order valence-corrected chi connectivity index (χ0v) is 17.6. The van der Waals surface area contributed by atoms with Crippen LogP contribution in [0.15, 0.2) is 48.2 Å². The number of allylic oxidation sites excluding steroid dienone is 1. The molecule has 8 nitrogen and oxygen atoms in total. The minimum absolute atomic E-state index is 0.0204. The van der Waals surface area contributed by atoms with Crippen molar-refractivity contribution in [2.45, 2.75) is 0 Å². The number of fused-ring (bicyclic) bond motifs is 1. The molecular formula is C23H26O8. The number of ether oxygens (including phenoxy) is 7. The van der Waals surface area contributed by atoms with Crippen LogP contribution in [0.3, 0.4) is 0 Å². The number of ketones is 1. The third-order valence-electron chi connectivity index (χ3n) is 4.28. The molecule has 0 saturated heterocycles. The minimum Gasteiger partial charge on any atom is -0.467 e. The average Bonchev–Trinajstić information content (AvgIpc) is 3.09. The van der Waals surface area contributed by atoms with Crippen LogP contribution in [0.25, 0.3) is 6.08 Å². The van der Waals surface area contributed by atoms with E-state index in [1.54, 1.807) is 32.4 Å². The molecule has 0 spiro atoms. The van der Waals surface area contributed by atoms with E-state index in [2.05, 4.69) is 0 Å². The molecule has 0 aliphatic carbocycles. The summed E-state index contributed by atoms with van der Waals surface area (Å²) >= 11 is 0. The second kappa shape index (κ2) is 12.1. The van der Waals surface area contributed by atoms with Crippen LogP contribution in [0.2, 0.25) is 0 Å². The van der Waals surface area contributed by atoms with Crippen molar-refractivity contribution in [3.8, 4) is 17.2 Å². The molecule has 0 radical (unpaired) electrons. The van der Waals surface area contributed by atoms with Gasteiger partial charge in [0.05, 0.1) is 26.4 Å². The molecule has 0 atom stereocenters. The zero-order valence-electron chi connectivity index (χ0n) is 17.6. The third kappa shape index (κ3) is 6.53. The number of rotatable bonds is 13. The third-order valence-corrected chi connectivity index (χ3v) is 4.28. The van der Waals surface area contributed by atoms with Crippen LogP contribution in [0, 0.1) is 0 Å². The second-order valence-electron chi connectivity index (χ2n) is 6.47. The maximum Gasteiger partial charge on any atom is 0.235 e. The van der Waals surface area contributed by atoms with Crippen LogP contribution in [0.5, 0.6) is 17.2 Å². The highest BCUT2D eigenvalue weighted by atomic mass is 16.7. The molecule has 1 aliphatic rings. The number of benzene rings is 2. The molecule has 1 aliphatic heterocycles. The number of hydrogen-bond acceptors (Lipinski definition) is 8. The Morgan fingerprint density at radius 2 is 1.55 bits per heavy atom. The van der Waals surface area contributed by atoms with Crippen LogP contribution >= 0.6 is 0 Å². The van der Waals surface area contributed by atoms with Gasteiger partial charge in [0.2, 0.25) is 5.78 Å². The monoisotopic (exact) mass is 430 g/mol. The Morgan fingerprint density at radius 1 is 0.871 bits per heavy atom. The minimum atomic E-state index is -0.270. The average molecular weight is 430 g/mol. The number of carbonyl (C=O) groups is 1. The Hall–Kier alpha value is -2.91. The Balaban J connectivity index is 1.77. The maximum absolute atomic E-state index is 13.0. The fraction of sp³-hybridized carbons (Fsp3) is 0.348. The molecule has 2 aromatic carbocycles. The van der Waals surface area contributed by atoms with E-state index >= 15 is 0 Å². The van der Waals surface area contributed by atoms with Gasteiger partial charge in [-0.1, -0.05) is 30.3 Å². The molecule has 3 rings (SSSR count).